The molecule has 1 aliphatic carbocycles. The summed E-state index contributed by atoms with van der Waals surface area (Å²) < 4.78 is 0. The number of piperazine rings is 1. The summed E-state index contributed by atoms with van der Waals surface area (Å²) in [5, 5.41) is 0. The van der Waals surface area contributed by atoms with Crippen molar-refractivity contribution in [3.8, 4) is 0 Å². The lowest BCUT2D eigenvalue weighted by molar-refractivity contribution is -0.133. The lowest BCUT2D eigenvalue weighted by Gasteiger charge is -2.37. The van der Waals surface area contributed by atoms with E-state index in [9.17, 15) is 9.59 Å². The van der Waals surface area contributed by atoms with Gasteiger partial charge in [0.25, 0.3) is 0 Å². The second-order valence-corrected chi connectivity index (χ2v) is 7.16. The van der Waals surface area contributed by atoms with E-state index in [4.69, 9.17) is 0 Å². The van der Waals surface area contributed by atoms with Crippen molar-refractivity contribution in [1.29, 1.82) is 0 Å². The molecule has 0 bridgehead atoms. The lowest BCUT2D eigenvalue weighted by atomic mass is 9.99. The number of hydrogen-bond acceptors (Lipinski definition) is 4. The number of hydrogen-bond donors (Lipinski definition) is 1. The number of carbonyl (C=O) groups is 2. The first-order valence-corrected chi connectivity index (χ1v) is 9.30. The zero-order valence-electron chi connectivity index (χ0n) is 14.9. The molecule has 1 amide bonds. The number of benzene rings is 2. The molecule has 1 aliphatic heterocycles. The highest BCUT2D eigenvalue weighted by molar-refractivity contribution is 6.06. The highest BCUT2D eigenvalue weighted by Gasteiger charge is 2.37. The molecule has 2 aromatic carbocycles. The Morgan fingerprint density at radius 2 is 1.85 bits per heavy atom. The number of aromatic amines is 1. The van der Waals surface area contributed by atoms with Crippen LogP contribution in [0.2, 0.25) is 0 Å². The highest BCUT2D eigenvalue weighted by Crippen LogP contribution is 2.34. The van der Waals surface area contributed by atoms with Gasteiger partial charge in [-0.2, -0.15) is 0 Å². The second kappa shape index (κ2) is 6.23. The fourth-order valence-electron chi connectivity index (χ4n) is 4.27. The summed E-state index contributed by atoms with van der Waals surface area (Å²) in [5.74, 6) is -0.172. The third-order valence-electron chi connectivity index (χ3n) is 5.68. The van der Waals surface area contributed by atoms with Gasteiger partial charge in [-0.3, -0.25) is 9.59 Å². The van der Waals surface area contributed by atoms with Crippen molar-refractivity contribution < 1.29 is 9.59 Å². The average Bonchev–Trinajstić information content (AvgIpc) is 3.32. The smallest absolute Gasteiger partial charge is 0.230 e. The van der Waals surface area contributed by atoms with Gasteiger partial charge in [-0.25, -0.2) is 4.98 Å². The third-order valence-corrected chi connectivity index (χ3v) is 5.68. The Bertz CT molecular complexity index is 1030. The molecule has 0 spiro atoms. The molecule has 5 rings (SSSR count). The van der Waals surface area contributed by atoms with Gasteiger partial charge in [-0.15, -0.1) is 0 Å². The molecule has 3 aromatic rings. The van der Waals surface area contributed by atoms with Crippen LogP contribution >= 0.6 is 0 Å². The van der Waals surface area contributed by atoms with Crippen LogP contribution < -0.4 is 4.90 Å². The van der Waals surface area contributed by atoms with E-state index in [-0.39, 0.29) is 17.6 Å². The second-order valence-electron chi connectivity index (χ2n) is 7.16. The molecule has 0 saturated carbocycles. The molecule has 1 atom stereocenters. The maximum atomic E-state index is 13.1. The summed E-state index contributed by atoms with van der Waals surface area (Å²) in [6.07, 6.45) is 2.01. The van der Waals surface area contributed by atoms with Crippen molar-refractivity contribution in [3.63, 3.8) is 0 Å². The van der Waals surface area contributed by atoms with Crippen molar-refractivity contribution in [3.05, 3.63) is 59.9 Å². The van der Waals surface area contributed by atoms with E-state index in [1.165, 1.54) is 0 Å². The van der Waals surface area contributed by atoms with Gasteiger partial charge in [0.05, 0.1) is 23.4 Å². The number of anilines is 1. The van der Waals surface area contributed by atoms with Crippen molar-refractivity contribution in [1.82, 2.24) is 14.9 Å². The number of ketones is 1. The summed E-state index contributed by atoms with van der Waals surface area (Å²) in [7, 11) is 0. The maximum Gasteiger partial charge on any atom is 0.230 e. The molecule has 0 radical (unpaired) electrons. The van der Waals surface area contributed by atoms with Crippen LogP contribution in [0.3, 0.4) is 0 Å². The van der Waals surface area contributed by atoms with Crippen LogP contribution in [0.25, 0.3) is 11.0 Å². The van der Waals surface area contributed by atoms with Crippen LogP contribution in [-0.2, 0) is 4.79 Å². The fourth-order valence-corrected chi connectivity index (χ4v) is 4.27. The molecule has 1 saturated heterocycles. The van der Waals surface area contributed by atoms with Gasteiger partial charge in [0, 0.05) is 38.2 Å². The minimum Gasteiger partial charge on any atom is -0.366 e. The molecular weight excluding hydrogens is 340 g/mol. The van der Waals surface area contributed by atoms with Gasteiger partial charge < -0.3 is 14.8 Å². The Hall–Kier alpha value is -3.15. The quantitative estimate of drug-likeness (QED) is 0.763. The predicted molar refractivity (Wildman–Crippen MR) is 103 cm³/mol. The first kappa shape index (κ1) is 16.1. The topological polar surface area (TPSA) is 69.3 Å². The summed E-state index contributed by atoms with van der Waals surface area (Å²) >= 11 is 0. The molecule has 1 unspecified atom stereocenters. The number of amides is 1. The van der Waals surface area contributed by atoms with Gasteiger partial charge in [0.2, 0.25) is 5.91 Å². The molecule has 1 N–H and O–H groups in total. The Morgan fingerprint density at radius 3 is 2.70 bits per heavy atom. The van der Waals surface area contributed by atoms with Crippen molar-refractivity contribution >= 4 is 28.4 Å². The van der Waals surface area contributed by atoms with E-state index in [1.54, 1.807) is 6.33 Å². The zero-order chi connectivity index (χ0) is 18.4. The van der Waals surface area contributed by atoms with E-state index in [0.717, 1.165) is 35.4 Å². The molecule has 1 fully saturated rings. The van der Waals surface area contributed by atoms with E-state index < -0.39 is 0 Å². The van der Waals surface area contributed by atoms with Gasteiger partial charge in [-0.05, 0) is 17.7 Å². The number of Topliss-reactive ketones (excluding diaryl/α,β-unsaturated/α-hetero) is 1. The Labute approximate surface area is 156 Å². The number of nitrogens with one attached hydrogen (secondary N) is 1. The lowest BCUT2D eigenvalue weighted by Crippen LogP contribution is -2.50. The van der Waals surface area contributed by atoms with E-state index >= 15 is 0 Å². The molecular formula is C21H20N4O2. The molecule has 2 aliphatic rings. The third kappa shape index (κ3) is 2.60. The van der Waals surface area contributed by atoms with Crippen LogP contribution in [0, 0.1) is 0 Å². The van der Waals surface area contributed by atoms with Gasteiger partial charge >= 0.3 is 0 Å². The van der Waals surface area contributed by atoms with Crippen LogP contribution in [-0.4, -0.2) is 52.7 Å². The van der Waals surface area contributed by atoms with Gasteiger partial charge in [0.15, 0.2) is 5.78 Å². The summed E-state index contributed by atoms with van der Waals surface area (Å²) in [6, 6.07) is 13.6. The summed E-state index contributed by atoms with van der Waals surface area (Å²) in [6.45, 7) is 2.85. The number of fused-ring (bicyclic) bond motifs is 2. The standard InChI is InChI=1S/C21H20N4O2/c26-19-12-16(14-4-1-2-5-15(14)19)21(27)25-10-8-24(9-11-25)18-7-3-6-17-20(18)23-13-22-17/h1-7,13,16H,8-12H2,(H,22,23). The van der Waals surface area contributed by atoms with E-state index in [1.807, 2.05) is 41.3 Å². The molecule has 136 valence electrons. The summed E-state index contributed by atoms with van der Waals surface area (Å²) in [5.41, 5.74) is 4.68. The van der Waals surface area contributed by atoms with Crippen LogP contribution in [0.1, 0.15) is 28.3 Å². The minimum atomic E-state index is -0.324. The summed E-state index contributed by atoms with van der Waals surface area (Å²) in [4.78, 5) is 37.0. The monoisotopic (exact) mass is 360 g/mol. The van der Waals surface area contributed by atoms with Gasteiger partial charge in [-0.1, -0.05) is 30.3 Å². The Morgan fingerprint density at radius 1 is 1.04 bits per heavy atom. The Balaban J connectivity index is 1.32. The highest BCUT2D eigenvalue weighted by atomic mass is 16.2. The SMILES string of the molecule is O=C1CC(C(=O)N2CCN(c3cccc4[nH]cnc34)CC2)c2ccccc21. The number of H-pyrrole nitrogens is 1. The minimum absolute atomic E-state index is 0.0749. The molecule has 27 heavy (non-hydrogen) atoms. The van der Waals surface area contributed by atoms with Crippen molar-refractivity contribution in [2.45, 2.75) is 12.3 Å². The van der Waals surface area contributed by atoms with Crippen LogP contribution in [0.4, 0.5) is 5.69 Å². The van der Waals surface area contributed by atoms with E-state index in [2.05, 4.69) is 20.9 Å². The number of nitrogens with zero attached hydrogens (tertiary/aromatic N) is 3. The molecule has 1 aromatic heterocycles. The average molecular weight is 360 g/mol. The number of rotatable bonds is 2. The van der Waals surface area contributed by atoms with Crippen LogP contribution in [0.5, 0.6) is 0 Å². The largest absolute Gasteiger partial charge is 0.366 e. The zero-order valence-corrected chi connectivity index (χ0v) is 14.9. The van der Waals surface area contributed by atoms with E-state index in [0.29, 0.717) is 25.1 Å². The molecule has 2 heterocycles. The number of para-hydroxylation sites is 1. The first-order valence-electron chi connectivity index (χ1n) is 9.30. The van der Waals surface area contributed by atoms with Crippen LogP contribution in [0.15, 0.2) is 48.8 Å². The predicted octanol–water partition coefficient (Wildman–Crippen LogP) is 2.58. The van der Waals surface area contributed by atoms with Crippen molar-refractivity contribution in [2.24, 2.45) is 0 Å². The fraction of sp³-hybridized carbons (Fsp3) is 0.286. The molecule has 6 nitrogen and oxygen atoms in total. The first-order chi connectivity index (χ1) is 13.2. The number of carbonyl (C=O) groups excluding carboxylic acids is 2. The normalized spacial score (nSPS) is 19.6. The molecule has 6 heteroatoms. The number of imidazole rings is 1. The number of aromatic nitrogens is 2. The van der Waals surface area contributed by atoms with Crippen molar-refractivity contribution in [2.75, 3.05) is 31.1 Å². The Kier molecular flexibility index (Phi) is 3.70. The van der Waals surface area contributed by atoms with Gasteiger partial charge in [0.1, 0.15) is 5.52 Å². The maximum absolute atomic E-state index is 13.1.